The van der Waals surface area contributed by atoms with E-state index >= 15 is 0 Å². The number of hydrogen-bond donors (Lipinski definition) is 1. The van der Waals surface area contributed by atoms with Crippen molar-refractivity contribution in [3.05, 3.63) is 24.0 Å². The van der Waals surface area contributed by atoms with Crippen molar-refractivity contribution in [2.75, 3.05) is 5.73 Å². The second-order valence-electron chi connectivity index (χ2n) is 5.36. The summed E-state index contributed by atoms with van der Waals surface area (Å²) in [6, 6.07) is 5.61. The molecule has 106 valence electrons. The number of ether oxygens (including phenoxy) is 1. The van der Waals surface area contributed by atoms with E-state index in [1.54, 1.807) is 0 Å². The van der Waals surface area contributed by atoms with Crippen LogP contribution in [-0.4, -0.2) is 21.6 Å². The highest BCUT2D eigenvalue weighted by atomic mass is 16.5. The molecule has 0 bridgehead atoms. The maximum atomic E-state index is 12.0. The molecule has 20 heavy (non-hydrogen) atoms. The molecular weight excluding hydrogens is 254 g/mol. The second kappa shape index (κ2) is 5.15. The summed E-state index contributed by atoms with van der Waals surface area (Å²) in [7, 11) is 0. The molecule has 1 aromatic heterocycles. The van der Waals surface area contributed by atoms with E-state index in [0.717, 1.165) is 42.5 Å². The Morgan fingerprint density at radius 1 is 1.45 bits per heavy atom. The van der Waals surface area contributed by atoms with Crippen molar-refractivity contribution < 1.29 is 9.53 Å². The standard InChI is InChI=1S/C15H19N3O2/c1-10-17-15-12(16)7-4-8-13(15)18(10)9-14(19)20-11-5-2-3-6-11/h4,7-8,11H,2-3,5-6,9,16H2,1H3. The maximum absolute atomic E-state index is 12.0. The number of para-hydroxylation sites is 1. The van der Waals surface area contributed by atoms with Crippen LogP contribution in [0, 0.1) is 6.92 Å². The van der Waals surface area contributed by atoms with Crippen LogP contribution in [0.15, 0.2) is 18.2 Å². The van der Waals surface area contributed by atoms with Gasteiger partial charge in [-0.05, 0) is 44.7 Å². The van der Waals surface area contributed by atoms with E-state index in [1.165, 1.54) is 0 Å². The van der Waals surface area contributed by atoms with Gasteiger partial charge in [-0.15, -0.1) is 0 Å². The van der Waals surface area contributed by atoms with Crippen LogP contribution in [0.2, 0.25) is 0 Å². The molecule has 5 heteroatoms. The van der Waals surface area contributed by atoms with Gasteiger partial charge < -0.3 is 15.0 Å². The molecule has 0 amide bonds. The SMILES string of the molecule is Cc1nc2c(N)cccc2n1CC(=O)OC1CCCC1. The lowest BCUT2D eigenvalue weighted by molar-refractivity contribution is -0.149. The summed E-state index contributed by atoms with van der Waals surface area (Å²) >= 11 is 0. The van der Waals surface area contributed by atoms with E-state index in [9.17, 15) is 4.79 Å². The molecule has 1 aliphatic carbocycles. The van der Waals surface area contributed by atoms with Gasteiger partial charge in [-0.25, -0.2) is 4.98 Å². The van der Waals surface area contributed by atoms with Crippen LogP contribution in [0.5, 0.6) is 0 Å². The molecule has 1 fully saturated rings. The van der Waals surface area contributed by atoms with Crippen LogP contribution in [0.3, 0.4) is 0 Å². The van der Waals surface area contributed by atoms with E-state index < -0.39 is 0 Å². The number of fused-ring (bicyclic) bond motifs is 1. The Labute approximate surface area is 117 Å². The van der Waals surface area contributed by atoms with Crippen LogP contribution in [0.25, 0.3) is 11.0 Å². The number of aryl methyl sites for hydroxylation is 1. The number of nitrogen functional groups attached to an aromatic ring is 1. The zero-order valence-corrected chi connectivity index (χ0v) is 11.6. The van der Waals surface area contributed by atoms with Crippen molar-refractivity contribution in [3.8, 4) is 0 Å². The Morgan fingerprint density at radius 2 is 2.20 bits per heavy atom. The molecule has 2 N–H and O–H groups in total. The number of anilines is 1. The van der Waals surface area contributed by atoms with Gasteiger partial charge in [0.15, 0.2) is 0 Å². The van der Waals surface area contributed by atoms with Crippen molar-refractivity contribution in [1.82, 2.24) is 9.55 Å². The highest BCUT2D eigenvalue weighted by Gasteiger charge is 2.20. The van der Waals surface area contributed by atoms with E-state index in [0.29, 0.717) is 5.69 Å². The van der Waals surface area contributed by atoms with Gasteiger partial charge in [-0.3, -0.25) is 4.79 Å². The number of carbonyl (C=O) groups is 1. The highest BCUT2D eigenvalue weighted by Crippen LogP contribution is 2.23. The Bertz CT molecular complexity index is 642. The van der Waals surface area contributed by atoms with E-state index in [4.69, 9.17) is 10.5 Å². The molecule has 0 radical (unpaired) electrons. The van der Waals surface area contributed by atoms with Crippen molar-refractivity contribution in [2.45, 2.75) is 45.3 Å². The van der Waals surface area contributed by atoms with Gasteiger partial charge in [-0.1, -0.05) is 6.07 Å². The first-order valence-electron chi connectivity index (χ1n) is 7.06. The predicted molar refractivity (Wildman–Crippen MR) is 77.2 cm³/mol. The number of hydrogen-bond acceptors (Lipinski definition) is 4. The van der Waals surface area contributed by atoms with Crippen LogP contribution in [0.1, 0.15) is 31.5 Å². The Morgan fingerprint density at radius 3 is 2.95 bits per heavy atom. The third-order valence-corrected chi connectivity index (χ3v) is 3.89. The van der Waals surface area contributed by atoms with Gasteiger partial charge >= 0.3 is 5.97 Å². The Hall–Kier alpha value is -2.04. The van der Waals surface area contributed by atoms with Gasteiger partial charge in [0.05, 0.1) is 11.2 Å². The Balaban J connectivity index is 1.81. The molecule has 0 spiro atoms. The van der Waals surface area contributed by atoms with Crippen molar-refractivity contribution in [2.24, 2.45) is 0 Å². The molecule has 0 unspecified atom stereocenters. The van der Waals surface area contributed by atoms with Gasteiger partial charge in [0.2, 0.25) is 0 Å². The van der Waals surface area contributed by atoms with Gasteiger partial charge in [0.1, 0.15) is 24.0 Å². The number of rotatable bonds is 3. The molecule has 1 heterocycles. The van der Waals surface area contributed by atoms with Gasteiger partial charge in [0, 0.05) is 0 Å². The maximum Gasteiger partial charge on any atom is 0.326 e. The predicted octanol–water partition coefficient (Wildman–Crippen LogP) is 2.41. The number of carbonyl (C=O) groups excluding carboxylic acids is 1. The lowest BCUT2D eigenvalue weighted by Crippen LogP contribution is -2.20. The molecular formula is C15H19N3O2. The van der Waals surface area contributed by atoms with Crippen molar-refractivity contribution in [3.63, 3.8) is 0 Å². The summed E-state index contributed by atoms with van der Waals surface area (Å²) in [5, 5.41) is 0. The third kappa shape index (κ3) is 2.35. The quantitative estimate of drug-likeness (QED) is 0.688. The summed E-state index contributed by atoms with van der Waals surface area (Å²) in [5.41, 5.74) is 8.17. The largest absolute Gasteiger partial charge is 0.461 e. The fourth-order valence-electron chi connectivity index (χ4n) is 2.84. The monoisotopic (exact) mass is 273 g/mol. The van der Waals surface area contributed by atoms with E-state index in [2.05, 4.69) is 4.98 Å². The average molecular weight is 273 g/mol. The second-order valence-corrected chi connectivity index (χ2v) is 5.36. The summed E-state index contributed by atoms with van der Waals surface area (Å²) < 4.78 is 7.36. The lowest BCUT2D eigenvalue weighted by Gasteiger charge is -2.12. The fraction of sp³-hybridized carbons (Fsp3) is 0.467. The number of nitrogens with zero attached hydrogens (tertiary/aromatic N) is 2. The first kappa shape index (κ1) is 13.0. The smallest absolute Gasteiger partial charge is 0.326 e. The lowest BCUT2D eigenvalue weighted by atomic mass is 10.3. The van der Waals surface area contributed by atoms with E-state index in [1.807, 2.05) is 29.7 Å². The molecule has 1 saturated carbocycles. The number of nitrogens with two attached hydrogens (primary N) is 1. The molecule has 2 aromatic rings. The topological polar surface area (TPSA) is 70.1 Å². The molecule has 0 saturated heterocycles. The normalized spacial score (nSPS) is 15.8. The molecule has 1 aliphatic rings. The van der Waals surface area contributed by atoms with Gasteiger partial charge in [0.25, 0.3) is 0 Å². The highest BCUT2D eigenvalue weighted by molar-refractivity contribution is 5.88. The zero-order valence-electron chi connectivity index (χ0n) is 11.6. The minimum atomic E-state index is -0.193. The first-order valence-corrected chi connectivity index (χ1v) is 7.06. The minimum absolute atomic E-state index is 0.0997. The molecule has 0 aliphatic heterocycles. The summed E-state index contributed by atoms with van der Waals surface area (Å²) in [4.78, 5) is 16.5. The van der Waals surface area contributed by atoms with Crippen LogP contribution < -0.4 is 5.73 Å². The van der Waals surface area contributed by atoms with E-state index in [-0.39, 0.29) is 18.6 Å². The third-order valence-electron chi connectivity index (χ3n) is 3.89. The first-order chi connectivity index (χ1) is 9.65. The molecule has 3 rings (SSSR count). The summed E-state index contributed by atoms with van der Waals surface area (Å²) in [5.74, 6) is 0.586. The number of benzene rings is 1. The van der Waals surface area contributed by atoms with Crippen molar-refractivity contribution >= 4 is 22.7 Å². The molecule has 1 aromatic carbocycles. The van der Waals surface area contributed by atoms with Crippen LogP contribution in [0.4, 0.5) is 5.69 Å². The zero-order chi connectivity index (χ0) is 14.1. The van der Waals surface area contributed by atoms with Crippen LogP contribution >= 0.6 is 0 Å². The summed E-state index contributed by atoms with van der Waals surface area (Å²) in [6.07, 6.45) is 4.39. The fourth-order valence-corrected chi connectivity index (χ4v) is 2.84. The molecule has 5 nitrogen and oxygen atoms in total. The van der Waals surface area contributed by atoms with Gasteiger partial charge in [-0.2, -0.15) is 0 Å². The number of aromatic nitrogens is 2. The number of esters is 1. The van der Waals surface area contributed by atoms with Crippen molar-refractivity contribution in [1.29, 1.82) is 0 Å². The number of imidazole rings is 1. The minimum Gasteiger partial charge on any atom is -0.461 e. The Kier molecular flexibility index (Phi) is 3.34. The average Bonchev–Trinajstić information content (AvgIpc) is 3.01. The molecule has 0 atom stereocenters. The summed E-state index contributed by atoms with van der Waals surface area (Å²) in [6.45, 7) is 2.07. The van der Waals surface area contributed by atoms with Crippen LogP contribution in [-0.2, 0) is 16.1 Å².